The second-order valence-corrected chi connectivity index (χ2v) is 11.0. The fourth-order valence-corrected chi connectivity index (χ4v) is 5.13. The van der Waals surface area contributed by atoms with Gasteiger partial charge in [0.1, 0.15) is 6.04 Å². The number of hydrogen-bond donors (Lipinski definition) is 4. The number of alkyl halides is 6. The summed E-state index contributed by atoms with van der Waals surface area (Å²) in [6.45, 7) is 4.81. The standard InChI is InChI=1S/C28H28F6N2O6/c1-25(2)19(10-11-26(25,3)24(41)42)22(38)36-20(23(39)40)12-14-4-7-16(8-5-14)35-21(37)17-13-15(27(29,30)31)6-9-18(17)28(32,33)34/h4-9,13,19-20H,10-12H2,1-3H3,(H,35,37)(H,36,38)(H,39,40)(H,41,42)/t19-,20+,26+/m1/s1. The second kappa shape index (κ2) is 11.3. The first-order chi connectivity index (χ1) is 19.2. The summed E-state index contributed by atoms with van der Waals surface area (Å²) in [5, 5.41) is 23.9. The van der Waals surface area contributed by atoms with E-state index in [0.717, 1.165) is 0 Å². The number of rotatable bonds is 8. The summed E-state index contributed by atoms with van der Waals surface area (Å²) in [5.41, 5.74) is -6.13. The van der Waals surface area contributed by atoms with Crippen molar-refractivity contribution in [3.63, 3.8) is 0 Å². The molecule has 0 saturated heterocycles. The number of carboxylic acid groups (broad SMARTS) is 2. The molecule has 3 atom stereocenters. The first-order valence-corrected chi connectivity index (χ1v) is 12.6. The SMILES string of the molecule is CC1(C)[C@@H](C(=O)N[C@@H](Cc2ccc(NC(=O)c3cc(C(F)(F)F)ccc3C(F)(F)F)cc2)C(=O)O)CC[C@@]1(C)C(=O)O. The van der Waals surface area contributed by atoms with E-state index in [1.165, 1.54) is 31.2 Å². The zero-order chi connectivity index (χ0) is 31.8. The van der Waals surface area contributed by atoms with Crippen molar-refractivity contribution in [2.75, 3.05) is 5.32 Å². The Morgan fingerprint density at radius 1 is 0.929 bits per heavy atom. The number of nitrogens with one attached hydrogen (secondary N) is 2. The Morgan fingerprint density at radius 2 is 1.52 bits per heavy atom. The minimum absolute atomic E-state index is 0.0779. The normalized spacial score (nSPS) is 20.9. The Balaban J connectivity index is 1.74. The van der Waals surface area contributed by atoms with Crippen molar-refractivity contribution in [3.8, 4) is 0 Å². The molecule has 3 rings (SSSR count). The van der Waals surface area contributed by atoms with Crippen molar-refractivity contribution in [1.82, 2.24) is 5.32 Å². The highest BCUT2D eigenvalue weighted by atomic mass is 19.4. The zero-order valence-electron chi connectivity index (χ0n) is 22.6. The number of amides is 2. The Hall–Kier alpha value is -4.10. The lowest BCUT2D eigenvalue weighted by molar-refractivity contribution is -0.155. The first kappa shape index (κ1) is 32.4. The van der Waals surface area contributed by atoms with Crippen LogP contribution in [0, 0.1) is 16.7 Å². The molecule has 1 saturated carbocycles. The van der Waals surface area contributed by atoms with E-state index in [9.17, 15) is 55.7 Å². The minimum atomic E-state index is -5.10. The summed E-state index contributed by atoms with van der Waals surface area (Å²) in [6, 6.07) is 4.19. The van der Waals surface area contributed by atoms with Crippen LogP contribution in [0.25, 0.3) is 0 Å². The van der Waals surface area contributed by atoms with E-state index in [2.05, 4.69) is 10.6 Å². The molecular weight excluding hydrogens is 574 g/mol. The molecule has 1 fully saturated rings. The van der Waals surface area contributed by atoms with Gasteiger partial charge in [-0.1, -0.05) is 26.0 Å². The molecule has 0 aromatic heterocycles. The Bertz CT molecular complexity index is 1390. The number of halogens is 6. The van der Waals surface area contributed by atoms with Crippen LogP contribution in [0.3, 0.4) is 0 Å². The molecule has 1 aliphatic rings. The molecule has 0 unspecified atom stereocenters. The summed E-state index contributed by atoms with van der Waals surface area (Å²) < 4.78 is 79.2. The van der Waals surface area contributed by atoms with Crippen LogP contribution in [0.4, 0.5) is 32.0 Å². The number of carbonyl (C=O) groups is 4. The quantitative estimate of drug-likeness (QED) is 0.290. The smallest absolute Gasteiger partial charge is 0.417 e. The van der Waals surface area contributed by atoms with Crippen molar-refractivity contribution in [3.05, 3.63) is 64.7 Å². The fourth-order valence-electron chi connectivity index (χ4n) is 5.13. The van der Waals surface area contributed by atoms with Gasteiger partial charge < -0.3 is 20.8 Å². The molecule has 8 nitrogen and oxygen atoms in total. The van der Waals surface area contributed by atoms with Crippen LogP contribution in [0.1, 0.15) is 60.7 Å². The van der Waals surface area contributed by atoms with Crippen molar-refractivity contribution < 1.29 is 55.7 Å². The number of benzene rings is 2. The van der Waals surface area contributed by atoms with Gasteiger partial charge in [0, 0.05) is 18.0 Å². The van der Waals surface area contributed by atoms with E-state index in [4.69, 9.17) is 0 Å². The lowest BCUT2D eigenvalue weighted by Crippen LogP contribution is -2.49. The topological polar surface area (TPSA) is 133 Å². The average molecular weight is 603 g/mol. The molecule has 14 heteroatoms. The van der Waals surface area contributed by atoms with Gasteiger partial charge in [-0.3, -0.25) is 14.4 Å². The molecule has 4 N–H and O–H groups in total. The Kier molecular flexibility index (Phi) is 8.71. The van der Waals surface area contributed by atoms with Crippen LogP contribution in [-0.2, 0) is 33.2 Å². The molecule has 0 bridgehead atoms. The molecule has 0 radical (unpaired) electrons. The largest absolute Gasteiger partial charge is 0.481 e. The summed E-state index contributed by atoms with van der Waals surface area (Å²) >= 11 is 0. The van der Waals surface area contributed by atoms with Gasteiger partial charge in [-0.2, -0.15) is 26.3 Å². The third-order valence-electron chi connectivity index (χ3n) is 8.18. The van der Waals surface area contributed by atoms with Crippen molar-refractivity contribution >= 4 is 29.4 Å². The maximum absolute atomic E-state index is 13.4. The third kappa shape index (κ3) is 6.52. The summed E-state index contributed by atoms with van der Waals surface area (Å²) in [7, 11) is 0. The number of carbonyl (C=O) groups excluding carboxylic acids is 2. The van der Waals surface area contributed by atoms with Crippen molar-refractivity contribution in [2.45, 2.75) is 58.4 Å². The van der Waals surface area contributed by atoms with Gasteiger partial charge in [0.25, 0.3) is 5.91 Å². The summed E-state index contributed by atoms with van der Waals surface area (Å²) in [5.74, 6) is -5.27. The molecule has 42 heavy (non-hydrogen) atoms. The summed E-state index contributed by atoms with van der Waals surface area (Å²) in [6.07, 6.45) is -9.85. The molecule has 1 aliphatic carbocycles. The Labute approximate surface area is 236 Å². The van der Waals surface area contributed by atoms with E-state index in [1.807, 2.05) is 0 Å². The van der Waals surface area contributed by atoms with Gasteiger partial charge in [0.05, 0.1) is 22.1 Å². The monoisotopic (exact) mass is 602 g/mol. The second-order valence-electron chi connectivity index (χ2n) is 11.0. The highest BCUT2D eigenvalue weighted by Gasteiger charge is 2.58. The van der Waals surface area contributed by atoms with Gasteiger partial charge in [-0.05, 0) is 61.1 Å². The maximum atomic E-state index is 13.4. The maximum Gasteiger partial charge on any atom is 0.417 e. The van der Waals surface area contributed by atoms with E-state index < -0.39 is 75.6 Å². The van der Waals surface area contributed by atoms with E-state index >= 15 is 0 Å². The lowest BCUT2D eigenvalue weighted by atomic mass is 9.65. The van der Waals surface area contributed by atoms with Crippen LogP contribution >= 0.6 is 0 Å². The van der Waals surface area contributed by atoms with Gasteiger partial charge >= 0.3 is 24.3 Å². The predicted octanol–water partition coefficient (Wildman–Crippen LogP) is 5.62. The Morgan fingerprint density at radius 3 is 2.00 bits per heavy atom. The van der Waals surface area contributed by atoms with Crippen LogP contribution in [0.2, 0.25) is 0 Å². The van der Waals surface area contributed by atoms with Crippen LogP contribution in [0.15, 0.2) is 42.5 Å². The first-order valence-electron chi connectivity index (χ1n) is 12.6. The van der Waals surface area contributed by atoms with Crippen LogP contribution in [-0.4, -0.2) is 40.0 Å². The van der Waals surface area contributed by atoms with E-state index in [1.54, 1.807) is 13.8 Å². The molecule has 0 aliphatic heterocycles. The molecule has 0 spiro atoms. The highest BCUT2D eigenvalue weighted by Crippen LogP contribution is 2.56. The summed E-state index contributed by atoms with van der Waals surface area (Å²) in [4.78, 5) is 49.3. The number of anilines is 1. The number of aliphatic carboxylic acids is 2. The van der Waals surface area contributed by atoms with Crippen molar-refractivity contribution in [2.24, 2.45) is 16.7 Å². The predicted molar refractivity (Wildman–Crippen MR) is 136 cm³/mol. The van der Waals surface area contributed by atoms with E-state index in [-0.39, 0.29) is 43.1 Å². The van der Waals surface area contributed by atoms with Gasteiger partial charge in [-0.15, -0.1) is 0 Å². The fraction of sp³-hybridized carbons (Fsp3) is 0.429. The minimum Gasteiger partial charge on any atom is -0.481 e. The highest BCUT2D eigenvalue weighted by molar-refractivity contribution is 6.05. The zero-order valence-corrected chi connectivity index (χ0v) is 22.6. The molecular formula is C28H28F6N2O6. The number of carboxylic acids is 2. The van der Waals surface area contributed by atoms with Crippen LogP contribution < -0.4 is 10.6 Å². The third-order valence-corrected chi connectivity index (χ3v) is 8.18. The van der Waals surface area contributed by atoms with Gasteiger partial charge in [0.15, 0.2) is 0 Å². The van der Waals surface area contributed by atoms with Gasteiger partial charge in [-0.25, -0.2) is 4.79 Å². The molecule has 2 aromatic rings. The van der Waals surface area contributed by atoms with Crippen molar-refractivity contribution in [1.29, 1.82) is 0 Å². The lowest BCUT2D eigenvalue weighted by Gasteiger charge is -2.38. The molecule has 2 aromatic carbocycles. The van der Waals surface area contributed by atoms with Crippen LogP contribution in [0.5, 0.6) is 0 Å². The average Bonchev–Trinajstić information content (AvgIpc) is 3.12. The van der Waals surface area contributed by atoms with Gasteiger partial charge in [0.2, 0.25) is 5.91 Å². The van der Waals surface area contributed by atoms with E-state index in [0.29, 0.717) is 5.56 Å². The molecule has 2 amide bonds. The molecule has 0 heterocycles. The number of hydrogen-bond acceptors (Lipinski definition) is 4. The molecule has 228 valence electrons.